The number of nitrogens with zero attached hydrogens (tertiary/aromatic N) is 1. The summed E-state index contributed by atoms with van der Waals surface area (Å²) in [5.74, 6) is 1.72. The molecule has 0 unspecified atom stereocenters. The molecule has 1 saturated carbocycles. The Kier molecular flexibility index (Phi) is 5.46. The fourth-order valence-electron chi connectivity index (χ4n) is 2.37. The number of hydrogen-bond donors (Lipinski definition) is 1. The number of sulfonamides is 1. The van der Waals surface area contributed by atoms with Crippen LogP contribution in [0.5, 0.6) is 0 Å². The molecule has 0 aliphatic heterocycles. The summed E-state index contributed by atoms with van der Waals surface area (Å²) >= 11 is 0. The number of furan rings is 1. The molecule has 1 heterocycles. The third kappa shape index (κ3) is 4.31. The predicted octanol–water partition coefficient (Wildman–Crippen LogP) is 2.45. The maximum atomic E-state index is 12.4. The van der Waals surface area contributed by atoms with Crippen molar-refractivity contribution in [2.75, 3.05) is 20.1 Å². The Hall–Kier alpha value is -0.850. The Morgan fingerprint density at radius 1 is 1.38 bits per heavy atom. The van der Waals surface area contributed by atoms with Crippen molar-refractivity contribution in [3.05, 3.63) is 17.9 Å². The zero-order chi connectivity index (χ0) is 15.5. The van der Waals surface area contributed by atoms with E-state index in [4.69, 9.17) is 4.42 Å². The maximum absolute atomic E-state index is 12.4. The molecule has 0 spiro atoms. The van der Waals surface area contributed by atoms with Crippen molar-refractivity contribution in [2.45, 2.75) is 44.7 Å². The normalized spacial score (nSPS) is 16.6. The van der Waals surface area contributed by atoms with Gasteiger partial charge in [0.2, 0.25) is 5.09 Å². The second kappa shape index (κ2) is 6.94. The van der Waals surface area contributed by atoms with Crippen LogP contribution in [-0.2, 0) is 16.6 Å². The van der Waals surface area contributed by atoms with Crippen molar-refractivity contribution < 1.29 is 12.8 Å². The molecule has 1 aromatic heterocycles. The van der Waals surface area contributed by atoms with Crippen LogP contribution < -0.4 is 5.32 Å². The zero-order valence-electron chi connectivity index (χ0n) is 13.1. The minimum atomic E-state index is -3.49. The molecule has 1 aromatic rings. The molecule has 6 heteroatoms. The van der Waals surface area contributed by atoms with E-state index in [1.165, 1.54) is 10.7 Å². The van der Waals surface area contributed by atoms with Crippen molar-refractivity contribution in [1.82, 2.24) is 9.62 Å². The molecule has 0 saturated heterocycles. The summed E-state index contributed by atoms with van der Waals surface area (Å²) in [4.78, 5) is 0. The highest BCUT2D eigenvalue weighted by Crippen LogP contribution is 2.28. The average molecular weight is 314 g/mol. The second-order valence-electron chi connectivity index (χ2n) is 6.33. The Morgan fingerprint density at radius 2 is 2.10 bits per heavy atom. The molecule has 2 rings (SSSR count). The van der Waals surface area contributed by atoms with E-state index in [-0.39, 0.29) is 5.09 Å². The van der Waals surface area contributed by atoms with Gasteiger partial charge in [0.05, 0.1) is 6.54 Å². The number of rotatable bonds is 8. The van der Waals surface area contributed by atoms with Gasteiger partial charge in [0.25, 0.3) is 10.0 Å². The van der Waals surface area contributed by atoms with Crippen molar-refractivity contribution in [3.63, 3.8) is 0 Å². The third-order valence-corrected chi connectivity index (χ3v) is 5.59. The summed E-state index contributed by atoms with van der Waals surface area (Å²) in [6.07, 6.45) is 3.47. The highest BCUT2D eigenvalue weighted by molar-refractivity contribution is 7.89. The van der Waals surface area contributed by atoms with Gasteiger partial charge in [-0.25, -0.2) is 8.42 Å². The van der Waals surface area contributed by atoms with Crippen molar-refractivity contribution in [1.29, 1.82) is 0 Å². The highest BCUT2D eigenvalue weighted by Gasteiger charge is 2.28. The van der Waals surface area contributed by atoms with Crippen LogP contribution in [-0.4, -0.2) is 32.9 Å². The van der Waals surface area contributed by atoms with Crippen molar-refractivity contribution >= 4 is 10.0 Å². The fourth-order valence-corrected chi connectivity index (χ4v) is 3.53. The Labute approximate surface area is 127 Å². The first-order chi connectivity index (χ1) is 9.89. The summed E-state index contributed by atoms with van der Waals surface area (Å²) in [5.41, 5.74) is 0. The topological polar surface area (TPSA) is 62.6 Å². The van der Waals surface area contributed by atoms with Crippen molar-refractivity contribution in [3.8, 4) is 0 Å². The Bertz CT molecular complexity index is 547. The van der Waals surface area contributed by atoms with Crippen LogP contribution in [0.3, 0.4) is 0 Å². The van der Waals surface area contributed by atoms with Gasteiger partial charge in [-0.15, -0.1) is 0 Å². The molecule has 1 N–H and O–H groups in total. The standard InChI is InChI=1S/C15H26N2O3S/c1-12(2)9-16-10-14-7-8-15(20-14)21(18,19)17(3)11-13-5-4-6-13/h7-8,12-13,16H,4-6,9-11H2,1-3H3. The summed E-state index contributed by atoms with van der Waals surface area (Å²) in [7, 11) is -1.86. The molecule has 0 amide bonds. The first-order valence-corrected chi connectivity index (χ1v) is 9.09. The van der Waals surface area contributed by atoms with Crippen LogP contribution in [0.1, 0.15) is 38.9 Å². The summed E-state index contributed by atoms with van der Waals surface area (Å²) in [6, 6.07) is 3.29. The van der Waals surface area contributed by atoms with E-state index < -0.39 is 10.0 Å². The molecule has 1 aliphatic carbocycles. The van der Waals surface area contributed by atoms with Crippen LogP contribution in [0.25, 0.3) is 0 Å². The second-order valence-corrected chi connectivity index (χ2v) is 8.30. The molecule has 5 nitrogen and oxygen atoms in total. The number of hydrogen-bond acceptors (Lipinski definition) is 4. The lowest BCUT2D eigenvalue weighted by Gasteiger charge is -2.29. The molecule has 0 atom stereocenters. The zero-order valence-corrected chi connectivity index (χ0v) is 13.9. The van der Waals surface area contributed by atoms with Gasteiger partial charge in [0.1, 0.15) is 5.76 Å². The fraction of sp³-hybridized carbons (Fsp3) is 0.733. The lowest BCUT2D eigenvalue weighted by atomic mass is 9.86. The van der Waals surface area contributed by atoms with E-state index in [0.29, 0.717) is 30.7 Å². The van der Waals surface area contributed by atoms with Crippen LogP contribution >= 0.6 is 0 Å². The molecule has 1 aliphatic rings. The summed E-state index contributed by atoms with van der Waals surface area (Å²) in [5, 5.41) is 3.29. The molecular weight excluding hydrogens is 288 g/mol. The molecule has 1 fully saturated rings. The van der Waals surface area contributed by atoms with Gasteiger partial charge in [-0.2, -0.15) is 4.31 Å². The van der Waals surface area contributed by atoms with E-state index in [2.05, 4.69) is 19.2 Å². The quantitative estimate of drug-likeness (QED) is 0.800. The first-order valence-electron chi connectivity index (χ1n) is 7.65. The summed E-state index contributed by atoms with van der Waals surface area (Å²) < 4.78 is 31.7. The Morgan fingerprint density at radius 3 is 2.67 bits per heavy atom. The third-order valence-electron chi connectivity index (χ3n) is 3.89. The molecule has 21 heavy (non-hydrogen) atoms. The van der Waals surface area contributed by atoms with Gasteiger partial charge < -0.3 is 9.73 Å². The molecule has 0 radical (unpaired) electrons. The predicted molar refractivity (Wildman–Crippen MR) is 82.4 cm³/mol. The van der Waals surface area contributed by atoms with Gasteiger partial charge >= 0.3 is 0 Å². The molecule has 0 bridgehead atoms. The van der Waals surface area contributed by atoms with Gasteiger partial charge in [-0.05, 0) is 43.4 Å². The highest BCUT2D eigenvalue weighted by atomic mass is 32.2. The van der Waals surface area contributed by atoms with Crippen LogP contribution in [0.15, 0.2) is 21.6 Å². The van der Waals surface area contributed by atoms with Gasteiger partial charge in [0, 0.05) is 13.6 Å². The van der Waals surface area contributed by atoms with Crippen LogP contribution in [0, 0.1) is 11.8 Å². The average Bonchev–Trinajstić information content (AvgIpc) is 2.82. The van der Waals surface area contributed by atoms with Gasteiger partial charge in [-0.3, -0.25) is 0 Å². The van der Waals surface area contributed by atoms with Crippen molar-refractivity contribution in [2.24, 2.45) is 11.8 Å². The molecule has 120 valence electrons. The SMILES string of the molecule is CC(C)CNCc1ccc(S(=O)(=O)N(C)CC2CCC2)o1. The van der Waals surface area contributed by atoms with E-state index in [1.807, 2.05) is 0 Å². The van der Waals surface area contributed by atoms with E-state index in [9.17, 15) is 8.42 Å². The van der Waals surface area contributed by atoms with Crippen LogP contribution in [0.4, 0.5) is 0 Å². The maximum Gasteiger partial charge on any atom is 0.276 e. The lowest BCUT2D eigenvalue weighted by Crippen LogP contribution is -2.34. The first kappa shape index (κ1) is 16.5. The van der Waals surface area contributed by atoms with Gasteiger partial charge in [0.15, 0.2) is 0 Å². The number of nitrogens with one attached hydrogen (secondary N) is 1. The van der Waals surface area contributed by atoms with E-state index in [1.54, 1.807) is 19.2 Å². The van der Waals surface area contributed by atoms with E-state index >= 15 is 0 Å². The lowest BCUT2D eigenvalue weighted by molar-refractivity contribution is 0.259. The Balaban J connectivity index is 1.94. The van der Waals surface area contributed by atoms with Crippen LogP contribution in [0.2, 0.25) is 0 Å². The van der Waals surface area contributed by atoms with E-state index in [0.717, 1.165) is 19.4 Å². The largest absolute Gasteiger partial charge is 0.447 e. The molecule has 0 aromatic carbocycles. The summed E-state index contributed by atoms with van der Waals surface area (Å²) in [6.45, 7) is 6.27. The monoisotopic (exact) mass is 314 g/mol. The minimum absolute atomic E-state index is 0.0469. The minimum Gasteiger partial charge on any atom is -0.447 e. The van der Waals surface area contributed by atoms with Gasteiger partial charge in [-0.1, -0.05) is 20.3 Å². The molecular formula is C15H26N2O3S. The smallest absolute Gasteiger partial charge is 0.276 e.